The molecule has 2 aliphatic rings. The van der Waals surface area contributed by atoms with Crippen molar-refractivity contribution in [2.75, 3.05) is 44.7 Å². The average Bonchev–Trinajstić information content (AvgIpc) is 3.36. The van der Waals surface area contributed by atoms with E-state index in [0.717, 1.165) is 45.1 Å². The Morgan fingerprint density at radius 3 is 2.91 bits per heavy atom. The maximum absolute atomic E-state index is 12.1. The van der Waals surface area contributed by atoms with E-state index in [9.17, 15) is 4.79 Å². The molecule has 0 spiro atoms. The quantitative estimate of drug-likeness (QED) is 0.739. The molecule has 6 nitrogen and oxygen atoms in total. The van der Waals surface area contributed by atoms with E-state index < -0.39 is 0 Å². The first-order valence-electron chi connectivity index (χ1n) is 8.13. The molecule has 0 radical (unpaired) electrons. The molecule has 2 N–H and O–H groups in total. The van der Waals surface area contributed by atoms with Crippen molar-refractivity contribution in [3.05, 3.63) is 23.9 Å². The molecule has 1 aromatic heterocycles. The zero-order chi connectivity index (χ0) is 15.2. The first kappa shape index (κ1) is 15.2. The number of carbonyl (C=O) groups is 1. The summed E-state index contributed by atoms with van der Waals surface area (Å²) in [5, 5.41) is 6.26. The van der Waals surface area contributed by atoms with Gasteiger partial charge in [0.2, 0.25) is 0 Å². The van der Waals surface area contributed by atoms with Crippen molar-refractivity contribution in [1.82, 2.24) is 15.2 Å². The summed E-state index contributed by atoms with van der Waals surface area (Å²) >= 11 is 0. The highest BCUT2D eigenvalue weighted by molar-refractivity contribution is 5.92. The summed E-state index contributed by atoms with van der Waals surface area (Å²) in [6.07, 6.45) is 3.34. The van der Waals surface area contributed by atoms with Gasteiger partial charge in [-0.1, -0.05) is 6.07 Å². The molecule has 0 unspecified atom stereocenters. The van der Waals surface area contributed by atoms with Gasteiger partial charge in [-0.2, -0.15) is 0 Å². The van der Waals surface area contributed by atoms with Gasteiger partial charge in [0.1, 0.15) is 11.5 Å². The lowest BCUT2D eigenvalue weighted by Crippen LogP contribution is -2.38. The fourth-order valence-corrected chi connectivity index (χ4v) is 2.50. The normalized spacial score (nSPS) is 18.9. The number of aromatic nitrogens is 1. The Balaban J connectivity index is 1.39. The summed E-state index contributed by atoms with van der Waals surface area (Å²) in [6.45, 7) is 5.29. The number of carbonyl (C=O) groups excluding carboxylic acids is 1. The van der Waals surface area contributed by atoms with E-state index in [1.54, 1.807) is 6.07 Å². The van der Waals surface area contributed by atoms with Crippen LogP contribution in [0.25, 0.3) is 0 Å². The van der Waals surface area contributed by atoms with Crippen molar-refractivity contribution < 1.29 is 9.53 Å². The Bertz CT molecular complexity index is 499. The average molecular weight is 304 g/mol. The van der Waals surface area contributed by atoms with Gasteiger partial charge in [0.15, 0.2) is 0 Å². The SMILES string of the molecule is O=C(NCCCN1CCOCC1)c1cccc(NC2CC2)n1. The first-order valence-corrected chi connectivity index (χ1v) is 8.13. The van der Waals surface area contributed by atoms with Crippen LogP contribution >= 0.6 is 0 Å². The molecular formula is C16H24N4O2. The largest absolute Gasteiger partial charge is 0.379 e. The number of hydrogen-bond acceptors (Lipinski definition) is 5. The number of morpholine rings is 1. The van der Waals surface area contributed by atoms with Crippen LogP contribution < -0.4 is 10.6 Å². The van der Waals surface area contributed by atoms with Crippen molar-refractivity contribution in [1.29, 1.82) is 0 Å². The number of hydrogen-bond donors (Lipinski definition) is 2. The zero-order valence-electron chi connectivity index (χ0n) is 12.9. The number of amides is 1. The Hall–Kier alpha value is -1.66. The number of rotatable bonds is 7. The molecule has 120 valence electrons. The summed E-state index contributed by atoms with van der Waals surface area (Å²) in [6, 6.07) is 6.09. The molecule has 0 aromatic carbocycles. The van der Waals surface area contributed by atoms with E-state index in [0.29, 0.717) is 18.3 Å². The van der Waals surface area contributed by atoms with Crippen LogP contribution in [0.15, 0.2) is 18.2 Å². The van der Waals surface area contributed by atoms with Crippen molar-refractivity contribution in [3.8, 4) is 0 Å². The summed E-state index contributed by atoms with van der Waals surface area (Å²) in [7, 11) is 0. The van der Waals surface area contributed by atoms with E-state index in [4.69, 9.17) is 4.74 Å². The summed E-state index contributed by atoms with van der Waals surface area (Å²) in [4.78, 5) is 18.9. The van der Waals surface area contributed by atoms with Crippen LogP contribution in [-0.4, -0.2) is 61.2 Å². The Labute approximate surface area is 131 Å². The monoisotopic (exact) mass is 304 g/mol. The van der Waals surface area contributed by atoms with E-state index in [1.165, 1.54) is 12.8 Å². The fourth-order valence-electron chi connectivity index (χ4n) is 2.50. The third-order valence-corrected chi connectivity index (χ3v) is 3.95. The van der Waals surface area contributed by atoms with Gasteiger partial charge < -0.3 is 15.4 Å². The van der Waals surface area contributed by atoms with Crippen molar-refractivity contribution in [2.45, 2.75) is 25.3 Å². The standard InChI is InChI=1S/C16H24N4O2/c21-16(17-7-2-8-20-9-11-22-12-10-20)14-3-1-4-15(19-14)18-13-5-6-13/h1,3-4,13H,2,5-12H2,(H,17,21)(H,18,19). The van der Waals surface area contributed by atoms with Crippen molar-refractivity contribution in [3.63, 3.8) is 0 Å². The molecule has 22 heavy (non-hydrogen) atoms. The van der Waals surface area contributed by atoms with E-state index >= 15 is 0 Å². The highest BCUT2D eigenvalue weighted by Crippen LogP contribution is 2.23. The Kier molecular flexibility index (Phi) is 5.24. The minimum absolute atomic E-state index is 0.0959. The van der Waals surface area contributed by atoms with Gasteiger partial charge in [0.05, 0.1) is 13.2 Å². The second-order valence-corrected chi connectivity index (χ2v) is 5.89. The van der Waals surface area contributed by atoms with Crippen LogP contribution in [0.3, 0.4) is 0 Å². The Morgan fingerprint density at radius 2 is 2.14 bits per heavy atom. The maximum atomic E-state index is 12.1. The van der Waals surface area contributed by atoms with Gasteiger partial charge in [-0.25, -0.2) is 4.98 Å². The summed E-state index contributed by atoms with van der Waals surface area (Å²) < 4.78 is 5.32. The molecule has 1 saturated heterocycles. The molecule has 2 fully saturated rings. The fraction of sp³-hybridized carbons (Fsp3) is 0.625. The lowest BCUT2D eigenvalue weighted by Gasteiger charge is -2.26. The van der Waals surface area contributed by atoms with E-state index in [2.05, 4.69) is 20.5 Å². The lowest BCUT2D eigenvalue weighted by molar-refractivity contribution is 0.0374. The second-order valence-electron chi connectivity index (χ2n) is 5.89. The third kappa shape index (κ3) is 4.68. The molecule has 1 aromatic rings. The number of nitrogens with zero attached hydrogens (tertiary/aromatic N) is 2. The molecule has 0 bridgehead atoms. The van der Waals surface area contributed by atoms with E-state index in [1.807, 2.05) is 12.1 Å². The molecule has 1 aliphatic carbocycles. The molecule has 2 heterocycles. The molecule has 3 rings (SSSR count). The number of anilines is 1. The topological polar surface area (TPSA) is 66.5 Å². The van der Waals surface area contributed by atoms with Gasteiger partial charge in [0.25, 0.3) is 5.91 Å². The van der Waals surface area contributed by atoms with Crippen LogP contribution in [0, 0.1) is 0 Å². The molecule has 1 amide bonds. The van der Waals surface area contributed by atoms with Crippen LogP contribution in [0.5, 0.6) is 0 Å². The number of nitrogens with one attached hydrogen (secondary N) is 2. The molecule has 1 aliphatic heterocycles. The smallest absolute Gasteiger partial charge is 0.269 e. The highest BCUT2D eigenvalue weighted by atomic mass is 16.5. The van der Waals surface area contributed by atoms with Crippen LogP contribution in [0.4, 0.5) is 5.82 Å². The van der Waals surface area contributed by atoms with Gasteiger partial charge in [-0.15, -0.1) is 0 Å². The molecule has 0 atom stereocenters. The first-order chi connectivity index (χ1) is 10.8. The van der Waals surface area contributed by atoms with Crippen molar-refractivity contribution in [2.24, 2.45) is 0 Å². The van der Waals surface area contributed by atoms with Crippen LogP contribution in [-0.2, 0) is 4.74 Å². The Morgan fingerprint density at radius 1 is 1.32 bits per heavy atom. The molecule has 1 saturated carbocycles. The van der Waals surface area contributed by atoms with Crippen molar-refractivity contribution >= 4 is 11.7 Å². The summed E-state index contributed by atoms with van der Waals surface area (Å²) in [5.41, 5.74) is 0.483. The third-order valence-electron chi connectivity index (χ3n) is 3.95. The highest BCUT2D eigenvalue weighted by Gasteiger charge is 2.21. The minimum Gasteiger partial charge on any atom is -0.379 e. The number of pyridine rings is 1. The van der Waals surface area contributed by atoms with Gasteiger partial charge in [-0.3, -0.25) is 9.69 Å². The van der Waals surface area contributed by atoms with Gasteiger partial charge >= 0.3 is 0 Å². The number of ether oxygens (including phenoxy) is 1. The lowest BCUT2D eigenvalue weighted by atomic mass is 10.3. The van der Waals surface area contributed by atoms with Crippen LogP contribution in [0.1, 0.15) is 29.8 Å². The second kappa shape index (κ2) is 7.56. The molecule has 6 heteroatoms. The van der Waals surface area contributed by atoms with E-state index in [-0.39, 0.29) is 5.91 Å². The van der Waals surface area contributed by atoms with Gasteiger partial charge in [0, 0.05) is 25.7 Å². The van der Waals surface area contributed by atoms with Crippen LogP contribution in [0.2, 0.25) is 0 Å². The zero-order valence-corrected chi connectivity index (χ0v) is 12.9. The predicted molar refractivity (Wildman–Crippen MR) is 85.1 cm³/mol. The summed E-state index contributed by atoms with van der Waals surface area (Å²) in [5.74, 6) is 0.699. The minimum atomic E-state index is -0.0959. The van der Waals surface area contributed by atoms with Gasteiger partial charge in [-0.05, 0) is 37.9 Å². The predicted octanol–water partition coefficient (Wildman–Crippen LogP) is 1.11. The maximum Gasteiger partial charge on any atom is 0.269 e. The molecular weight excluding hydrogens is 280 g/mol.